The van der Waals surface area contributed by atoms with Crippen molar-refractivity contribution >= 4 is 5.97 Å². The van der Waals surface area contributed by atoms with E-state index < -0.39 is 0 Å². The van der Waals surface area contributed by atoms with Crippen LogP contribution in [-0.2, 0) is 4.79 Å². The molecule has 0 aliphatic carbocycles. The summed E-state index contributed by atoms with van der Waals surface area (Å²) >= 11 is 0. The van der Waals surface area contributed by atoms with Crippen molar-refractivity contribution in [3.8, 4) is 11.5 Å². The van der Waals surface area contributed by atoms with Crippen LogP contribution in [-0.4, -0.2) is 13.1 Å². The van der Waals surface area contributed by atoms with Crippen LogP contribution >= 0.6 is 0 Å². The molecule has 152 valence electrons. The SMILES string of the molecule is CCCCCCCCCC[C@@H](C(=O)Oc1ccc(OC)cc1)[n+]1ccccc1. The molecule has 0 unspecified atom stereocenters. The number of methoxy groups -OCH3 is 1. The number of hydrogen-bond acceptors (Lipinski definition) is 3. The molecule has 0 aliphatic heterocycles. The number of hydrogen-bond donors (Lipinski definition) is 0. The largest absolute Gasteiger partial charge is 0.497 e. The molecule has 0 bridgehead atoms. The summed E-state index contributed by atoms with van der Waals surface area (Å²) in [5.74, 6) is 1.07. The highest BCUT2D eigenvalue weighted by atomic mass is 16.5. The summed E-state index contributed by atoms with van der Waals surface area (Å²) in [7, 11) is 1.62. The van der Waals surface area contributed by atoms with Crippen LogP contribution in [0.3, 0.4) is 0 Å². The topological polar surface area (TPSA) is 39.4 Å². The minimum Gasteiger partial charge on any atom is -0.497 e. The van der Waals surface area contributed by atoms with Gasteiger partial charge in [-0.05, 0) is 30.7 Å². The molecule has 0 amide bonds. The lowest BCUT2D eigenvalue weighted by atomic mass is 10.0. The molecule has 1 aromatic heterocycles. The van der Waals surface area contributed by atoms with Crippen LogP contribution in [0.5, 0.6) is 11.5 Å². The summed E-state index contributed by atoms with van der Waals surface area (Å²) in [6, 6.07) is 12.7. The zero-order valence-electron chi connectivity index (χ0n) is 17.3. The minimum atomic E-state index is -0.302. The fraction of sp³-hybridized carbons (Fsp3) is 0.500. The van der Waals surface area contributed by atoms with Gasteiger partial charge >= 0.3 is 5.97 Å². The van der Waals surface area contributed by atoms with Gasteiger partial charge in [0.15, 0.2) is 12.4 Å². The Bertz CT molecular complexity index is 670. The molecular formula is C24H34NO3+. The predicted octanol–water partition coefficient (Wildman–Crippen LogP) is 5.66. The zero-order chi connectivity index (χ0) is 20.0. The number of nitrogens with zero attached hydrogens (tertiary/aromatic N) is 1. The maximum atomic E-state index is 12.8. The first-order chi connectivity index (χ1) is 13.7. The fourth-order valence-corrected chi connectivity index (χ4v) is 3.31. The van der Waals surface area contributed by atoms with Crippen LogP contribution < -0.4 is 14.0 Å². The summed E-state index contributed by atoms with van der Waals surface area (Å²) in [5.41, 5.74) is 0. The van der Waals surface area contributed by atoms with Crippen molar-refractivity contribution < 1.29 is 18.8 Å². The average Bonchev–Trinajstić information content (AvgIpc) is 2.74. The molecule has 2 aromatic rings. The summed E-state index contributed by atoms with van der Waals surface area (Å²) in [6.45, 7) is 2.24. The van der Waals surface area contributed by atoms with E-state index in [2.05, 4.69) is 6.92 Å². The van der Waals surface area contributed by atoms with Gasteiger partial charge in [0.1, 0.15) is 11.5 Å². The third-order valence-corrected chi connectivity index (χ3v) is 4.98. The smallest absolute Gasteiger partial charge is 0.381 e. The van der Waals surface area contributed by atoms with Gasteiger partial charge in [-0.25, -0.2) is 4.79 Å². The van der Waals surface area contributed by atoms with Gasteiger partial charge < -0.3 is 9.47 Å². The lowest BCUT2D eigenvalue weighted by molar-refractivity contribution is -0.711. The van der Waals surface area contributed by atoms with E-state index in [1.165, 1.54) is 38.5 Å². The Hall–Kier alpha value is -2.36. The van der Waals surface area contributed by atoms with Crippen LogP contribution in [0.15, 0.2) is 54.9 Å². The van der Waals surface area contributed by atoms with Gasteiger partial charge in [-0.2, -0.15) is 4.57 Å². The molecule has 0 fully saturated rings. The third-order valence-electron chi connectivity index (χ3n) is 4.98. The molecule has 0 saturated carbocycles. The summed E-state index contributed by atoms with van der Waals surface area (Å²) in [6.07, 6.45) is 14.7. The summed E-state index contributed by atoms with van der Waals surface area (Å²) < 4.78 is 12.7. The van der Waals surface area contributed by atoms with E-state index in [0.29, 0.717) is 5.75 Å². The Kier molecular flexibility index (Phi) is 10.1. The van der Waals surface area contributed by atoms with Gasteiger partial charge in [0.2, 0.25) is 0 Å². The molecule has 1 aromatic carbocycles. The monoisotopic (exact) mass is 384 g/mol. The lowest BCUT2D eigenvalue weighted by Crippen LogP contribution is -2.45. The Balaban J connectivity index is 1.87. The van der Waals surface area contributed by atoms with E-state index in [4.69, 9.17) is 9.47 Å². The number of carbonyl (C=O) groups excluding carboxylic acids is 1. The molecule has 0 N–H and O–H groups in total. The van der Waals surface area contributed by atoms with Crippen LogP contribution in [0.4, 0.5) is 0 Å². The fourth-order valence-electron chi connectivity index (χ4n) is 3.31. The molecular weight excluding hydrogens is 350 g/mol. The molecule has 4 heteroatoms. The number of carbonyl (C=O) groups is 1. The first-order valence-corrected chi connectivity index (χ1v) is 10.6. The second-order valence-electron chi connectivity index (χ2n) is 7.20. The third kappa shape index (κ3) is 7.71. The van der Waals surface area contributed by atoms with Gasteiger partial charge in [-0.3, -0.25) is 0 Å². The van der Waals surface area contributed by atoms with Crippen LogP contribution in [0.1, 0.15) is 70.8 Å². The second kappa shape index (κ2) is 12.9. The highest BCUT2D eigenvalue weighted by molar-refractivity contribution is 5.75. The molecule has 2 rings (SSSR count). The molecule has 28 heavy (non-hydrogen) atoms. The van der Waals surface area contributed by atoms with Gasteiger partial charge in [0.25, 0.3) is 6.04 Å². The molecule has 0 spiro atoms. The zero-order valence-corrected chi connectivity index (χ0v) is 17.3. The van der Waals surface area contributed by atoms with E-state index in [1.807, 2.05) is 35.2 Å². The number of unbranched alkanes of at least 4 members (excludes halogenated alkanes) is 7. The normalized spacial score (nSPS) is 11.8. The van der Waals surface area contributed by atoms with Crippen molar-refractivity contribution in [2.75, 3.05) is 7.11 Å². The van der Waals surface area contributed by atoms with Crippen molar-refractivity contribution in [3.63, 3.8) is 0 Å². The van der Waals surface area contributed by atoms with Gasteiger partial charge in [-0.15, -0.1) is 0 Å². The predicted molar refractivity (Wildman–Crippen MR) is 112 cm³/mol. The second-order valence-corrected chi connectivity index (χ2v) is 7.20. The molecule has 0 saturated heterocycles. The van der Waals surface area contributed by atoms with Gasteiger partial charge in [-0.1, -0.05) is 57.9 Å². The number of rotatable bonds is 13. The van der Waals surface area contributed by atoms with E-state index in [1.54, 1.807) is 31.4 Å². The highest BCUT2D eigenvalue weighted by Gasteiger charge is 2.29. The number of ether oxygens (including phenoxy) is 2. The lowest BCUT2D eigenvalue weighted by Gasteiger charge is -2.12. The Labute approximate surface area is 169 Å². The van der Waals surface area contributed by atoms with Crippen molar-refractivity contribution in [3.05, 3.63) is 54.9 Å². The summed E-state index contributed by atoms with van der Waals surface area (Å²) in [4.78, 5) is 12.8. The summed E-state index contributed by atoms with van der Waals surface area (Å²) in [5, 5.41) is 0. The Morgan fingerprint density at radius 1 is 0.857 bits per heavy atom. The van der Waals surface area contributed by atoms with Crippen LogP contribution in [0.2, 0.25) is 0 Å². The molecule has 4 nitrogen and oxygen atoms in total. The highest BCUT2D eigenvalue weighted by Crippen LogP contribution is 2.20. The van der Waals surface area contributed by atoms with Gasteiger partial charge in [0, 0.05) is 18.6 Å². The van der Waals surface area contributed by atoms with Crippen LogP contribution in [0.25, 0.3) is 0 Å². The molecule has 1 atom stereocenters. The maximum Gasteiger partial charge on any atom is 0.381 e. The molecule has 1 heterocycles. The van der Waals surface area contributed by atoms with Crippen molar-refractivity contribution in [2.45, 2.75) is 70.8 Å². The Morgan fingerprint density at radius 3 is 2.04 bits per heavy atom. The first-order valence-electron chi connectivity index (χ1n) is 10.6. The van der Waals surface area contributed by atoms with E-state index in [0.717, 1.165) is 25.0 Å². The number of pyridine rings is 1. The van der Waals surface area contributed by atoms with Crippen molar-refractivity contribution in [1.82, 2.24) is 0 Å². The van der Waals surface area contributed by atoms with Crippen LogP contribution in [0, 0.1) is 0 Å². The quantitative estimate of drug-likeness (QED) is 0.194. The standard InChI is InChI=1S/C24H34NO3/c1-3-4-5-6-7-8-9-11-14-23(25-19-12-10-13-20-25)24(26)28-22-17-15-21(27-2)16-18-22/h10,12-13,15-20,23H,3-9,11,14H2,1-2H3/q+1/t23-/m0/s1. The Morgan fingerprint density at radius 2 is 1.43 bits per heavy atom. The number of aromatic nitrogens is 1. The van der Waals surface area contributed by atoms with E-state index >= 15 is 0 Å². The maximum absolute atomic E-state index is 12.8. The van der Waals surface area contributed by atoms with E-state index in [-0.39, 0.29) is 12.0 Å². The van der Waals surface area contributed by atoms with Crippen molar-refractivity contribution in [1.29, 1.82) is 0 Å². The van der Waals surface area contributed by atoms with Gasteiger partial charge in [0.05, 0.1) is 7.11 Å². The van der Waals surface area contributed by atoms with E-state index in [9.17, 15) is 4.79 Å². The number of benzene rings is 1. The first kappa shape index (κ1) is 21.9. The minimum absolute atomic E-state index is 0.218. The molecule has 0 aliphatic rings. The number of esters is 1. The van der Waals surface area contributed by atoms with Crippen molar-refractivity contribution in [2.24, 2.45) is 0 Å². The average molecular weight is 385 g/mol. The molecule has 0 radical (unpaired) electrons.